The summed E-state index contributed by atoms with van der Waals surface area (Å²) in [5.74, 6) is 0.817. The lowest BCUT2D eigenvalue weighted by Gasteiger charge is -2.36. The molecular formula is C43H37NS2. The minimum absolute atomic E-state index is 0.0649. The number of rotatable bonds is 2. The predicted molar refractivity (Wildman–Crippen MR) is 198 cm³/mol. The summed E-state index contributed by atoms with van der Waals surface area (Å²) in [5.41, 5.74) is 16.0. The quantitative estimate of drug-likeness (QED) is 0.277. The highest BCUT2D eigenvalue weighted by Crippen LogP contribution is 2.59. The van der Waals surface area contributed by atoms with E-state index in [1.54, 1.807) is 5.57 Å². The third-order valence-corrected chi connectivity index (χ3v) is 14.4. The number of allylic oxidation sites excluding steroid dienone is 11. The van der Waals surface area contributed by atoms with E-state index in [4.69, 9.17) is 0 Å². The van der Waals surface area contributed by atoms with E-state index in [0.29, 0.717) is 22.3 Å². The number of aromatic nitrogens is 1. The van der Waals surface area contributed by atoms with Gasteiger partial charge in [-0.15, -0.1) is 23.5 Å². The monoisotopic (exact) mass is 631 g/mol. The number of fused-ring (bicyclic) bond motifs is 9. The molecule has 3 aromatic rings. The van der Waals surface area contributed by atoms with E-state index in [0.717, 1.165) is 19.3 Å². The summed E-state index contributed by atoms with van der Waals surface area (Å²) < 4.78 is 2.70. The number of thioether (sulfide) groups is 2. The minimum atomic E-state index is 0.0649. The van der Waals surface area contributed by atoms with Crippen molar-refractivity contribution in [3.63, 3.8) is 0 Å². The van der Waals surface area contributed by atoms with Gasteiger partial charge in [-0.3, -0.25) is 0 Å². The summed E-state index contributed by atoms with van der Waals surface area (Å²) in [7, 11) is 0. The first kappa shape index (κ1) is 27.5. The molecule has 2 heterocycles. The van der Waals surface area contributed by atoms with Crippen molar-refractivity contribution in [3.05, 3.63) is 163 Å². The second-order valence-corrected chi connectivity index (χ2v) is 16.6. The molecule has 0 amide bonds. The lowest BCUT2D eigenvalue weighted by atomic mass is 9.75. The maximum absolute atomic E-state index is 2.70. The van der Waals surface area contributed by atoms with E-state index in [9.17, 15) is 0 Å². The molecular weight excluding hydrogens is 595 g/mol. The molecule has 2 aromatic carbocycles. The first-order chi connectivity index (χ1) is 22.5. The fraction of sp³-hybridized carbons (Fsp3) is 0.256. The van der Waals surface area contributed by atoms with Gasteiger partial charge in [-0.25, -0.2) is 0 Å². The fourth-order valence-corrected chi connectivity index (χ4v) is 12.0. The Morgan fingerprint density at radius 3 is 2.57 bits per heavy atom. The summed E-state index contributed by atoms with van der Waals surface area (Å²) in [6, 6.07) is 18.6. The second-order valence-electron chi connectivity index (χ2n) is 14.2. The number of nitrogens with zero attached hydrogens (tertiary/aromatic N) is 1. The van der Waals surface area contributed by atoms with Gasteiger partial charge in [0.2, 0.25) is 0 Å². The lowest BCUT2D eigenvalue weighted by Crippen LogP contribution is -2.22. The van der Waals surface area contributed by atoms with Gasteiger partial charge in [0.15, 0.2) is 0 Å². The third-order valence-electron chi connectivity index (χ3n) is 11.3. The largest absolute Gasteiger partial charge is 0.315 e. The number of benzene rings is 2. The SMILES string of the molecule is CC1(C)C2=C(C=CC(c3cccc(-n4c5c(c6c4C4SC7=CCCC=C7SC4C=C6)C=C4C=CC=CC4C5)c3)C2)c2ccccc21. The Morgan fingerprint density at radius 1 is 0.783 bits per heavy atom. The lowest BCUT2D eigenvalue weighted by molar-refractivity contribution is 0.590. The van der Waals surface area contributed by atoms with Crippen LogP contribution in [-0.2, 0) is 11.8 Å². The average Bonchev–Trinajstić information content (AvgIpc) is 3.54. The molecule has 1 saturated heterocycles. The van der Waals surface area contributed by atoms with Crippen molar-refractivity contribution >= 4 is 41.2 Å². The Hall–Kier alpha value is -3.66. The van der Waals surface area contributed by atoms with Gasteiger partial charge < -0.3 is 4.57 Å². The van der Waals surface area contributed by atoms with Gasteiger partial charge in [0.05, 0.1) is 5.25 Å². The summed E-state index contributed by atoms with van der Waals surface area (Å²) in [4.78, 5) is 2.99. The molecule has 1 fully saturated rings. The van der Waals surface area contributed by atoms with Crippen molar-refractivity contribution < 1.29 is 0 Å². The van der Waals surface area contributed by atoms with Gasteiger partial charge in [-0.2, -0.15) is 0 Å². The van der Waals surface area contributed by atoms with E-state index in [-0.39, 0.29) is 5.41 Å². The molecule has 1 aliphatic heterocycles. The van der Waals surface area contributed by atoms with Gasteiger partial charge in [0, 0.05) is 60.5 Å². The highest BCUT2D eigenvalue weighted by molar-refractivity contribution is 8.12. The molecule has 46 heavy (non-hydrogen) atoms. The maximum Gasteiger partial charge on any atom is 0.0664 e. The van der Waals surface area contributed by atoms with Gasteiger partial charge >= 0.3 is 0 Å². The van der Waals surface area contributed by atoms with E-state index >= 15 is 0 Å². The van der Waals surface area contributed by atoms with Crippen LogP contribution in [-0.4, -0.2) is 9.82 Å². The zero-order chi connectivity index (χ0) is 30.6. The van der Waals surface area contributed by atoms with Crippen molar-refractivity contribution in [2.75, 3.05) is 0 Å². The van der Waals surface area contributed by atoms with Crippen LogP contribution < -0.4 is 0 Å². The fourth-order valence-electron chi connectivity index (χ4n) is 9.01. The van der Waals surface area contributed by atoms with Gasteiger partial charge in [0.1, 0.15) is 0 Å². The first-order valence-corrected chi connectivity index (χ1v) is 18.7. The van der Waals surface area contributed by atoms with Crippen LogP contribution in [0, 0.1) is 5.92 Å². The van der Waals surface area contributed by atoms with Crippen LogP contribution in [0.5, 0.6) is 0 Å². The maximum atomic E-state index is 2.70. The molecule has 0 bridgehead atoms. The van der Waals surface area contributed by atoms with Crippen LogP contribution in [0.15, 0.2) is 124 Å². The number of hydrogen-bond acceptors (Lipinski definition) is 2. The summed E-state index contributed by atoms with van der Waals surface area (Å²) in [5, 5.41) is 0.845. The molecule has 4 atom stereocenters. The molecule has 1 nitrogen and oxygen atoms in total. The van der Waals surface area contributed by atoms with Crippen LogP contribution in [0.25, 0.3) is 23.4 Å². The van der Waals surface area contributed by atoms with Crippen LogP contribution in [0.2, 0.25) is 0 Å². The third kappa shape index (κ3) is 3.97. The molecule has 226 valence electrons. The summed E-state index contributed by atoms with van der Waals surface area (Å²) in [6.45, 7) is 4.84. The second kappa shape index (κ2) is 10.2. The van der Waals surface area contributed by atoms with Crippen LogP contribution >= 0.6 is 23.5 Å². The zero-order valence-electron chi connectivity index (χ0n) is 26.4. The normalized spacial score (nSPS) is 27.4. The van der Waals surface area contributed by atoms with Crippen LogP contribution in [0.1, 0.15) is 83.5 Å². The molecule has 0 radical (unpaired) electrons. The molecule has 0 spiro atoms. The molecule has 3 heteroatoms. The molecule has 0 N–H and O–H groups in total. The van der Waals surface area contributed by atoms with E-state index in [1.807, 2.05) is 0 Å². The number of hydrogen-bond donors (Lipinski definition) is 0. The zero-order valence-corrected chi connectivity index (χ0v) is 28.0. The van der Waals surface area contributed by atoms with Crippen molar-refractivity contribution in [3.8, 4) is 5.69 Å². The van der Waals surface area contributed by atoms with E-state index < -0.39 is 0 Å². The summed E-state index contributed by atoms with van der Waals surface area (Å²) in [6.07, 6.45) is 30.9. The van der Waals surface area contributed by atoms with Gasteiger partial charge in [-0.1, -0.05) is 117 Å². The van der Waals surface area contributed by atoms with Crippen molar-refractivity contribution in [1.82, 2.24) is 4.57 Å². The Balaban J connectivity index is 1.09. The molecule has 10 rings (SSSR count). The average molecular weight is 632 g/mol. The van der Waals surface area contributed by atoms with Crippen molar-refractivity contribution in [2.24, 2.45) is 5.92 Å². The van der Waals surface area contributed by atoms with Crippen molar-refractivity contribution in [2.45, 2.75) is 61.4 Å². The topological polar surface area (TPSA) is 4.93 Å². The molecule has 1 aromatic heterocycles. The Labute approximate surface area is 281 Å². The van der Waals surface area contributed by atoms with Crippen LogP contribution in [0.3, 0.4) is 0 Å². The van der Waals surface area contributed by atoms with Crippen LogP contribution in [0.4, 0.5) is 0 Å². The van der Waals surface area contributed by atoms with Gasteiger partial charge in [0.25, 0.3) is 0 Å². The van der Waals surface area contributed by atoms with Crippen molar-refractivity contribution in [1.29, 1.82) is 0 Å². The van der Waals surface area contributed by atoms with Gasteiger partial charge in [-0.05, 0) is 71.7 Å². The molecule has 4 unspecified atom stereocenters. The summed E-state index contributed by atoms with van der Waals surface area (Å²) >= 11 is 4.19. The molecule has 6 aliphatic carbocycles. The van der Waals surface area contributed by atoms with E-state index in [2.05, 4.69) is 157 Å². The Bertz CT molecular complexity index is 2100. The first-order valence-electron chi connectivity index (χ1n) is 16.9. The standard InChI is InChI=1S/C43H37NS2/c1-43(2)35-15-6-5-14-31(35)32-19-18-29(24-36(32)43)26-12-9-13-30(22-26)44-37-25-28-11-4-3-10-27(28)23-34(37)33-20-21-40-42(41(33)44)46-39-17-8-7-16-38(39)45-40/h3-6,9-23,28-29,40,42H,7-8,24-25H2,1-2H3. The highest BCUT2D eigenvalue weighted by atomic mass is 32.2. The Kier molecular flexibility index (Phi) is 6.07. The minimum Gasteiger partial charge on any atom is -0.315 e. The van der Waals surface area contributed by atoms with E-state index in [1.165, 1.54) is 72.3 Å². The predicted octanol–water partition coefficient (Wildman–Crippen LogP) is 11.4. The highest BCUT2D eigenvalue weighted by Gasteiger charge is 2.42. The molecule has 7 aliphatic rings. The molecule has 0 saturated carbocycles. The Morgan fingerprint density at radius 2 is 1.65 bits per heavy atom. The smallest absolute Gasteiger partial charge is 0.0664 e.